The third-order valence-corrected chi connectivity index (χ3v) is 5.45. The molecular weight excluding hydrogens is 365 g/mol. The molecule has 0 radical (unpaired) electrons. The van der Waals surface area contributed by atoms with E-state index in [0.29, 0.717) is 17.9 Å². The Balaban J connectivity index is 1.87. The van der Waals surface area contributed by atoms with Crippen LogP contribution in [0.4, 0.5) is 0 Å². The SMILES string of the molecule is Cc1ccc2c(n1)nc(C)c1nc(C)n(Cc3ccc(P(=O)(O)O)cn3)c12. The Hall–Kier alpha value is -2.67. The summed E-state index contributed by atoms with van der Waals surface area (Å²) in [5.74, 6) is 0.809. The number of imidazole rings is 1. The number of nitrogens with zero attached hydrogens (tertiary/aromatic N) is 5. The van der Waals surface area contributed by atoms with Crippen molar-refractivity contribution >= 4 is 35.0 Å². The first-order chi connectivity index (χ1) is 12.7. The maximum absolute atomic E-state index is 11.3. The smallest absolute Gasteiger partial charge is 0.321 e. The van der Waals surface area contributed by atoms with Gasteiger partial charge in [-0.25, -0.2) is 15.0 Å². The van der Waals surface area contributed by atoms with Gasteiger partial charge in [0.1, 0.15) is 11.3 Å². The minimum Gasteiger partial charge on any atom is -0.321 e. The third-order valence-electron chi connectivity index (χ3n) is 4.51. The van der Waals surface area contributed by atoms with Crippen molar-refractivity contribution in [3.63, 3.8) is 0 Å². The predicted octanol–water partition coefficient (Wildman–Crippen LogP) is 2.15. The molecule has 0 aliphatic heterocycles. The zero-order valence-corrected chi connectivity index (χ0v) is 16.0. The topological polar surface area (TPSA) is 114 Å². The van der Waals surface area contributed by atoms with E-state index in [1.54, 1.807) is 6.07 Å². The molecule has 2 N–H and O–H groups in total. The number of aromatic nitrogens is 5. The summed E-state index contributed by atoms with van der Waals surface area (Å²) < 4.78 is 13.4. The van der Waals surface area contributed by atoms with Crippen LogP contribution in [0.2, 0.25) is 0 Å². The number of pyridine rings is 3. The van der Waals surface area contributed by atoms with Gasteiger partial charge >= 0.3 is 7.60 Å². The van der Waals surface area contributed by atoms with Crippen molar-refractivity contribution in [1.29, 1.82) is 0 Å². The minimum absolute atomic E-state index is 0.0939. The largest absolute Gasteiger partial charge is 0.357 e. The molecule has 0 spiro atoms. The Kier molecular flexibility index (Phi) is 4.07. The number of fused-ring (bicyclic) bond motifs is 3. The molecule has 0 aliphatic rings. The van der Waals surface area contributed by atoms with Crippen LogP contribution in [0.5, 0.6) is 0 Å². The molecule has 0 fully saturated rings. The van der Waals surface area contributed by atoms with Crippen LogP contribution in [-0.4, -0.2) is 34.3 Å². The molecule has 0 bridgehead atoms. The van der Waals surface area contributed by atoms with Crippen LogP contribution >= 0.6 is 7.60 Å². The van der Waals surface area contributed by atoms with Crippen molar-refractivity contribution in [2.75, 3.05) is 0 Å². The Bertz CT molecular complexity index is 1230. The van der Waals surface area contributed by atoms with Gasteiger partial charge in [0, 0.05) is 17.3 Å². The molecule has 27 heavy (non-hydrogen) atoms. The highest BCUT2D eigenvalue weighted by atomic mass is 31.2. The second kappa shape index (κ2) is 6.20. The molecule has 8 nitrogen and oxygen atoms in total. The maximum Gasteiger partial charge on any atom is 0.357 e. The number of hydrogen-bond donors (Lipinski definition) is 2. The highest BCUT2D eigenvalue weighted by Crippen LogP contribution is 2.32. The molecule has 4 heterocycles. The van der Waals surface area contributed by atoms with Gasteiger partial charge in [-0.2, -0.15) is 0 Å². The summed E-state index contributed by atoms with van der Waals surface area (Å²) in [6, 6.07) is 6.97. The Morgan fingerprint density at radius 1 is 1.04 bits per heavy atom. The molecular formula is C18H18N5O3P. The summed E-state index contributed by atoms with van der Waals surface area (Å²) in [6.45, 7) is 6.18. The van der Waals surface area contributed by atoms with Crippen molar-refractivity contribution in [3.05, 3.63) is 53.4 Å². The average molecular weight is 383 g/mol. The van der Waals surface area contributed by atoms with Crippen LogP contribution in [0.15, 0.2) is 30.5 Å². The van der Waals surface area contributed by atoms with Crippen molar-refractivity contribution in [2.45, 2.75) is 27.3 Å². The van der Waals surface area contributed by atoms with E-state index in [1.807, 2.05) is 37.5 Å². The normalized spacial score (nSPS) is 12.2. The van der Waals surface area contributed by atoms with Crippen molar-refractivity contribution < 1.29 is 14.4 Å². The second-order valence-corrected chi connectivity index (χ2v) is 8.12. The molecule has 0 aliphatic carbocycles. The Morgan fingerprint density at radius 3 is 2.48 bits per heavy atom. The Morgan fingerprint density at radius 2 is 1.81 bits per heavy atom. The van der Waals surface area contributed by atoms with Gasteiger partial charge < -0.3 is 14.4 Å². The second-order valence-electron chi connectivity index (χ2n) is 6.52. The first-order valence-electron chi connectivity index (χ1n) is 8.36. The number of rotatable bonds is 3. The molecule has 0 unspecified atom stereocenters. The zero-order valence-electron chi connectivity index (χ0n) is 15.1. The van der Waals surface area contributed by atoms with Crippen molar-refractivity contribution in [1.82, 2.24) is 24.5 Å². The monoisotopic (exact) mass is 383 g/mol. The summed E-state index contributed by atoms with van der Waals surface area (Å²) in [4.78, 5) is 36.4. The Labute approximate surface area is 155 Å². The van der Waals surface area contributed by atoms with Gasteiger partial charge in [-0.15, -0.1) is 0 Å². The quantitative estimate of drug-likeness (QED) is 0.521. The van der Waals surface area contributed by atoms with E-state index in [0.717, 1.165) is 33.6 Å². The minimum atomic E-state index is -4.30. The molecule has 4 rings (SSSR count). The standard InChI is InChI=1S/C18H18N5O3P/c1-10-4-7-15-17-16(11(2)21-18(15)20-10)22-12(3)23(17)9-13-5-6-14(8-19-13)27(24,25)26/h4-8H,9H2,1-3H3,(H2,24,25,26). The van der Waals surface area contributed by atoms with Crippen molar-refractivity contribution in [3.8, 4) is 0 Å². The van der Waals surface area contributed by atoms with Crippen LogP contribution < -0.4 is 5.30 Å². The van der Waals surface area contributed by atoms with E-state index in [2.05, 4.69) is 19.9 Å². The van der Waals surface area contributed by atoms with E-state index in [9.17, 15) is 14.4 Å². The lowest BCUT2D eigenvalue weighted by atomic mass is 10.2. The average Bonchev–Trinajstić information content (AvgIpc) is 2.92. The first kappa shape index (κ1) is 17.7. The van der Waals surface area contributed by atoms with Crippen LogP contribution in [-0.2, 0) is 11.1 Å². The molecule has 4 aromatic heterocycles. The lowest BCUT2D eigenvalue weighted by molar-refractivity contribution is 0.387. The van der Waals surface area contributed by atoms with Gasteiger partial charge in [-0.05, 0) is 45.0 Å². The van der Waals surface area contributed by atoms with E-state index >= 15 is 0 Å². The van der Waals surface area contributed by atoms with E-state index < -0.39 is 7.60 Å². The van der Waals surface area contributed by atoms with Gasteiger partial charge in [-0.1, -0.05) is 0 Å². The van der Waals surface area contributed by atoms with Gasteiger partial charge in [0.25, 0.3) is 0 Å². The number of aryl methyl sites for hydroxylation is 3. The summed E-state index contributed by atoms with van der Waals surface area (Å²) in [5.41, 5.74) is 4.80. The molecule has 0 saturated heterocycles. The van der Waals surface area contributed by atoms with Crippen LogP contribution in [0.3, 0.4) is 0 Å². The van der Waals surface area contributed by atoms with Gasteiger partial charge in [0.2, 0.25) is 0 Å². The van der Waals surface area contributed by atoms with Crippen LogP contribution in [0.25, 0.3) is 22.1 Å². The van der Waals surface area contributed by atoms with Crippen LogP contribution in [0.1, 0.15) is 22.9 Å². The van der Waals surface area contributed by atoms with E-state index in [1.165, 1.54) is 12.3 Å². The fourth-order valence-electron chi connectivity index (χ4n) is 3.15. The molecule has 0 atom stereocenters. The molecule has 0 amide bonds. The fraction of sp³-hybridized carbons (Fsp3) is 0.222. The molecule has 0 saturated carbocycles. The van der Waals surface area contributed by atoms with Gasteiger partial charge in [-0.3, -0.25) is 9.55 Å². The van der Waals surface area contributed by atoms with Crippen molar-refractivity contribution in [2.24, 2.45) is 0 Å². The third kappa shape index (κ3) is 3.12. The fourth-order valence-corrected chi connectivity index (χ4v) is 3.63. The van der Waals surface area contributed by atoms with E-state index in [4.69, 9.17) is 0 Å². The summed E-state index contributed by atoms with van der Waals surface area (Å²) >= 11 is 0. The maximum atomic E-state index is 11.3. The highest BCUT2D eigenvalue weighted by Gasteiger charge is 2.19. The lowest BCUT2D eigenvalue weighted by Gasteiger charge is -2.10. The molecule has 138 valence electrons. The van der Waals surface area contributed by atoms with Crippen LogP contribution in [0, 0.1) is 20.8 Å². The summed E-state index contributed by atoms with van der Waals surface area (Å²) in [5, 5.41) is 0.817. The summed E-state index contributed by atoms with van der Waals surface area (Å²) in [7, 11) is -4.30. The number of hydrogen-bond acceptors (Lipinski definition) is 5. The molecule has 9 heteroatoms. The van der Waals surface area contributed by atoms with Gasteiger partial charge in [0.15, 0.2) is 5.65 Å². The first-order valence-corrected chi connectivity index (χ1v) is 9.97. The predicted molar refractivity (Wildman–Crippen MR) is 102 cm³/mol. The van der Waals surface area contributed by atoms with Gasteiger partial charge in [0.05, 0.1) is 28.8 Å². The van der Waals surface area contributed by atoms with E-state index in [-0.39, 0.29) is 5.30 Å². The summed E-state index contributed by atoms with van der Waals surface area (Å²) in [6.07, 6.45) is 1.22. The highest BCUT2D eigenvalue weighted by molar-refractivity contribution is 7.60. The molecule has 0 aromatic carbocycles. The lowest BCUT2D eigenvalue weighted by Crippen LogP contribution is -2.09. The zero-order chi connectivity index (χ0) is 19.3. The molecule has 4 aromatic rings.